The number of nitrogens with zero attached hydrogens (tertiary/aromatic N) is 3. The molecule has 373 valence electrons. The number of hydrogen-bond donors (Lipinski definition) is 0. The molecule has 0 atom stereocenters. The summed E-state index contributed by atoms with van der Waals surface area (Å²) in [7, 11) is -1.78. The van der Waals surface area contributed by atoms with Gasteiger partial charge < -0.3 is 14.0 Å². The summed E-state index contributed by atoms with van der Waals surface area (Å²) >= 11 is 0. The van der Waals surface area contributed by atoms with Crippen LogP contribution in [0.25, 0.3) is 94.7 Å². The third-order valence-electron chi connectivity index (χ3n) is 13.5. The summed E-state index contributed by atoms with van der Waals surface area (Å²) in [5.41, 5.74) is 17.7. The maximum atomic E-state index is 8.59. The van der Waals surface area contributed by atoms with E-state index in [1.807, 2.05) is 26.0 Å². The molecule has 3 heterocycles. The second kappa shape index (κ2) is 21.9. The minimum absolute atomic E-state index is 0. The van der Waals surface area contributed by atoms with Gasteiger partial charge in [0.2, 0.25) is 0 Å². The molecule has 0 fully saturated rings. The molecule has 0 spiro atoms. The van der Waals surface area contributed by atoms with Crippen molar-refractivity contribution < 1.29 is 31.4 Å². The van der Waals surface area contributed by atoms with Crippen molar-refractivity contribution in [3.8, 4) is 61.7 Å². The zero-order chi connectivity index (χ0) is 55.3. The van der Waals surface area contributed by atoms with Gasteiger partial charge in [0.05, 0.1) is 30.5 Å². The Morgan fingerprint density at radius 1 is 0.649 bits per heavy atom. The van der Waals surface area contributed by atoms with Crippen molar-refractivity contribution >= 4 is 46.2 Å². The van der Waals surface area contributed by atoms with Gasteiger partial charge in [-0.15, -0.1) is 53.6 Å². The molecule has 1 radical (unpaired) electrons. The summed E-state index contributed by atoms with van der Waals surface area (Å²) in [5, 5.41) is 3.14. The number of benzene rings is 8. The van der Waals surface area contributed by atoms with E-state index >= 15 is 0 Å². The Morgan fingerprint density at radius 3 is 1.93 bits per heavy atom. The third kappa shape index (κ3) is 10.5. The van der Waals surface area contributed by atoms with E-state index in [0.717, 1.165) is 55.1 Å². The first-order valence-corrected chi connectivity index (χ1v) is 29.0. The number of rotatable bonds is 11. The van der Waals surface area contributed by atoms with Crippen LogP contribution in [-0.2, 0) is 26.5 Å². The zero-order valence-electron chi connectivity index (χ0n) is 48.6. The molecule has 3 aromatic heterocycles. The van der Waals surface area contributed by atoms with Crippen LogP contribution >= 0.6 is 0 Å². The molecule has 0 unspecified atom stereocenters. The van der Waals surface area contributed by atoms with E-state index in [4.69, 9.17) is 16.3 Å². The van der Waals surface area contributed by atoms with Crippen molar-refractivity contribution in [3.63, 3.8) is 0 Å². The molecule has 0 aliphatic carbocycles. The molecule has 0 N–H and O–H groups in total. The molecule has 0 bridgehead atoms. The fourth-order valence-electron chi connectivity index (χ4n) is 9.93. The van der Waals surface area contributed by atoms with Crippen LogP contribution in [0.2, 0.25) is 19.6 Å². The summed E-state index contributed by atoms with van der Waals surface area (Å²) in [4.78, 5) is 9.88. The fourth-order valence-corrected chi connectivity index (χ4v) is 11.3. The molecule has 6 heteroatoms. The Hall–Kier alpha value is -6.95. The SMILES string of the molecule is CC(C)c1cc(-c2ccccc2)cc(C(C)C)c1-n1c(-c2[c-]ccc3c2oc2ccc(-c4ccccc4-c4ccccc4)cc23)nc2ccccc21.[2H]C([2H])([2H])c1c[c-]c(-c2cc(C([2H])([2H])C(C)C)c([Si](C)(C)C)cn2)cc1.[Ir]. The molecule has 0 amide bonds. The van der Waals surface area contributed by atoms with Gasteiger partial charge in [0.25, 0.3) is 0 Å². The van der Waals surface area contributed by atoms with Crippen LogP contribution in [0.1, 0.15) is 82.5 Å². The Bertz CT molecular complexity index is 3920. The normalized spacial score (nSPS) is 13.1. The Morgan fingerprint density at radius 2 is 1.30 bits per heavy atom. The van der Waals surface area contributed by atoms with Crippen molar-refractivity contribution in [1.82, 2.24) is 14.5 Å². The summed E-state index contributed by atoms with van der Waals surface area (Å²) in [5.74, 6) is 1.20. The first-order chi connectivity index (χ1) is 37.2. The average molecular weight is 1170 g/mol. The minimum atomic E-state index is -2.16. The largest absolute Gasteiger partial charge is 0.501 e. The van der Waals surface area contributed by atoms with Crippen LogP contribution in [0.4, 0.5) is 0 Å². The summed E-state index contributed by atoms with van der Waals surface area (Å²) in [6.45, 7) is 17.3. The topological polar surface area (TPSA) is 43.9 Å². The van der Waals surface area contributed by atoms with Crippen LogP contribution in [0.3, 0.4) is 0 Å². The molecule has 0 saturated heterocycles. The molecule has 74 heavy (non-hydrogen) atoms. The second-order valence-corrected chi connectivity index (χ2v) is 26.0. The van der Waals surface area contributed by atoms with Gasteiger partial charge in [0.1, 0.15) is 5.58 Å². The van der Waals surface area contributed by atoms with Crippen molar-refractivity contribution in [2.24, 2.45) is 5.92 Å². The maximum absolute atomic E-state index is 8.59. The summed E-state index contributed by atoms with van der Waals surface area (Å²) in [6.07, 6.45) is 0.328. The van der Waals surface area contributed by atoms with Crippen LogP contribution in [0.15, 0.2) is 187 Å². The molecular formula is C68H65IrN3OSi-2. The second-order valence-electron chi connectivity index (χ2n) is 20.9. The van der Waals surface area contributed by atoms with Gasteiger partial charge in [0.15, 0.2) is 0 Å². The number of para-hydroxylation sites is 2. The van der Waals surface area contributed by atoms with E-state index in [-0.39, 0.29) is 43.4 Å². The summed E-state index contributed by atoms with van der Waals surface area (Å²) in [6, 6.07) is 66.9. The Balaban J connectivity index is 0.000000238. The van der Waals surface area contributed by atoms with Crippen LogP contribution in [-0.4, -0.2) is 22.6 Å². The minimum Gasteiger partial charge on any atom is -0.501 e. The monoisotopic (exact) mass is 1170 g/mol. The number of imidazole rings is 1. The van der Waals surface area contributed by atoms with Crippen LogP contribution in [0.5, 0.6) is 0 Å². The van der Waals surface area contributed by atoms with E-state index in [0.29, 0.717) is 16.8 Å². The van der Waals surface area contributed by atoms with E-state index in [1.54, 1.807) is 18.3 Å². The number of pyridine rings is 1. The number of aryl methyl sites for hydroxylation is 1. The standard InChI is InChI=1S/C49H39N2O.C19H26NSi.Ir/c1-31(2)41-29-36(33-16-7-5-8-17-33)30-42(32(3)4)47(41)51-45-25-14-13-24-44(45)50-49(51)40-23-15-22-39-43-28-35(26-27-46(43)52-48(39)40)38-21-12-11-20-37(38)34-18-9-6-10-19-34;1-14(2)11-17-12-18(16-9-7-15(3)8-10-16)20-13-19(17)21(4,5)6;/h5-22,24-32H,1-4H3;7-9,12-14H,11H2,1-6H3;/q2*-1;/i;3D3,11D2;. The van der Waals surface area contributed by atoms with Crippen molar-refractivity contribution in [3.05, 3.63) is 217 Å². The molecule has 0 saturated carbocycles. The molecule has 0 aliphatic rings. The Kier molecular flexibility index (Phi) is 13.5. The molecular weight excluding hydrogens is 1100 g/mol. The van der Waals surface area contributed by atoms with E-state index in [1.165, 1.54) is 50.7 Å². The maximum Gasteiger partial charge on any atom is 0.120 e. The van der Waals surface area contributed by atoms with Gasteiger partial charge in [-0.25, -0.2) is 0 Å². The van der Waals surface area contributed by atoms with Crippen molar-refractivity contribution in [1.29, 1.82) is 0 Å². The summed E-state index contributed by atoms with van der Waals surface area (Å²) < 4.78 is 48.7. The quantitative estimate of drug-likeness (QED) is 0.0957. The smallest absolute Gasteiger partial charge is 0.120 e. The zero-order valence-corrected chi connectivity index (χ0v) is 47.0. The predicted octanol–water partition coefficient (Wildman–Crippen LogP) is 18.2. The molecule has 11 aromatic rings. The first kappa shape index (κ1) is 45.6. The fraction of sp³-hybridized carbons (Fsp3) is 0.206. The van der Waals surface area contributed by atoms with Gasteiger partial charge in [-0.3, -0.25) is 4.98 Å². The first-order valence-electron chi connectivity index (χ1n) is 28.0. The molecule has 4 nitrogen and oxygen atoms in total. The van der Waals surface area contributed by atoms with Gasteiger partial charge in [-0.05, 0) is 116 Å². The molecule has 8 aromatic carbocycles. The number of aromatic nitrogens is 3. The van der Waals surface area contributed by atoms with Crippen molar-refractivity contribution in [2.45, 2.75) is 86.2 Å². The van der Waals surface area contributed by atoms with E-state index in [2.05, 4.69) is 215 Å². The third-order valence-corrected chi connectivity index (χ3v) is 15.5. The Labute approximate surface area is 460 Å². The average Bonchev–Trinajstić information content (AvgIpc) is 4.21. The van der Waals surface area contributed by atoms with Crippen LogP contribution < -0.4 is 5.19 Å². The number of furan rings is 1. The van der Waals surface area contributed by atoms with Crippen molar-refractivity contribution in [2.75, 3.05) is 0 Å². The predicted molar refractivity (Wildman–Crippen MR) is 312 cm³/mol. The molecule has 0 aliphatic heterocycles. The number of fused-ring (bicyclic) bond motifs is 4. The van der Waals surface area contributed by atoms with Gasteiger partial charge in [-0.1, -0.05) is 194 Å². The van der Waals surface area contributed by atoms with Gasteiger partial charge in [-0.2, -0.15) is 0 Å². The van der Waals surface area contributed by atoms with Gasteiger partial charge >= 0.3 is 0 Å². The molecule has 11 rings (SSSR count). The van der Waals surface area contributed by atoms with E-state index in [9.17, 15) is 0 Å². The van der Waals surface area contributed by atoms with Gasteiger partial charge in [0, 0.05) is 44.2 Å². The van der Waals surface area contributed by atoms with Crippen LogP contribution in [0, 0.1) is 24.9 Å². The number of hydrogen-bond acceptors (Lipinski definition) is 3. The van der Waals surface area contributed by atoms with E-state index < -0.39 is 21.3 Å².